The fourth-order valence-electron chi connectivity index (χ4n) is 4.32. The number of methoxy groups -OCH3 is 2. The van der Waals surface area contributed by atoms with Gasteiger partial charge < -0.3 is 19.7 Å². The minimum absolute atomic E-state index is 0.102. The van der Waals surface area contributed by atoms with E-state index in [9.17, 15) is 9.59 Å². The summed E-state index contributed by atoms with van der Waals surface area (Å²) in [4.78, 5) is 28.3. The number of fused-ring (bicyclic) bond motifs is 1. The van der Waals surface area contributed by atoms with Gasteiger partial charge in [0.2, 0.25) is 5.91 Å². The predicted molar refractivity (Wildman–Crippen MR) is 122 cm³/mol. The van der Waals surface area contributed by atoms with E-state index < -0.39 is 12.0 Å². The second-order valence-electron chi connectivity index (χ2n) is 7.73. The molecule has 0 spiro atoms. The van der Waals surface area contributed by atoms with Crippen LogP contribution in [-0.2, 0) is 11.3 Å². The van der Waals surface area contributed by atoms with E-state index in [2.05, 4.69) is 5.32 Å². The van der Waals surface area contributed by atoms with Crippen LogP contribution in [0.3, 0.4) is 0 Å². The van der Waals surface area contributed by atoms with E-state index >= 15 is 0 Å². The molecule has 164 valence electrons. The lowest BCUT2D eigenvalue weighted by Crippen LogP contribution is -2.45. The number of nitrogens with zero attached hydrogens (tertiary/aromatic N) is 1. The van der Waals surface area contributed by atoms with Gasteiger partial charge in [-0.15, -0.1) is 0 Å². The van der Waals surface area contributed by atoms with Crippen molar-refractivity contribution >= 4 is 11.8 Å². The number of carbonyl (C=O) groups excluding carboxylic acids is 2. The normalized spacial score (nSPS) is 17.5. The maximum absolute atomic E-state index is 13.6. The molecule has 2 amide bonds. The highest BCUT2D eigenvalue weighted by Gasteiger charge is 2.42. The zero-order valence-corrected chi connectivity index (χ0v) is 18.4. The van der Waals surface area contributed by atoms with Crippen molar-refractivity contribution in [1.82, 2.24) is 10.2 Å². The van der Waals surface area contributed by atoms with Crippen LogP contribution in [0.2, 0.25) is 0 Å². The van der Waals surface area contributed by atoms with Crippen molar-refractivity contribution in [1.29, 1.82) is 0 Å². The van der Waals surface area contributed by atoms with E-state index in [-0.39, 0.29) is 11.8 Å². The number of rotatable bonds is 6. The van der Waals surface area contributed by atoms with Gasteiger partial charge in [0.25, 0.3) is 5.91 Å². The Bertz CT molecular complexity index is 1130. The molecule has 0 saturated heterocycles. The summed E-state index contributed by atoms with van der Waals surface area (Å²) in [5.41, 5.74) is 3.04. The van der Waals surface area contributed by atoms with Crippen LogP contribution in [0.4, 0.5) is 0 Å². The van der Waals surface area contributed by atoms with Gasteiger partial charge in [-0.25, -0.2) is 0 Å². The summed E-state index contributed by atoms with van der Waals surface area (Å²) in [6.45, 7) is 0.328. The molecule has 6 heteroatoms. The number of benzene rings is 3. The standard InChI is InChI=1S/C26H26N2O4/c1-28-24(17-12-14-19(31-2)15-13-17)23(20-9-5-6-10-21(20)26(28)30)25(29)27-16-18-8-4-7-11-22(18)32-3/h4-15,23-24H,16H2,1-3H3,(H,27,29)/t23-,24-/m0/s1. The minimum Gasteiger partial charge on any atom is -0.497 e. The van der Waals surface area contributed by atoms with Gasteiger partial charge in [0, 0.05) is 24.7 Å². The van der Waals surface area contributed by atoms with Crippen molar-refractivity contribution in [3.8, 4) is 11.5 Å². The summed E-state index contributed by atoms with van der Waals surface area (Å²) >= 11 is 0. The lowest BCUT2D eigenvalue weighted by Gasteiger charge is -2.39. The number of para-hydroxylation sites is 1. The number of hydrogen-bond acceptors (Lipinski definition) is 4. The van der Waals surface area contributed by atoms with Crippen LogP contribution in [0, 0.1) is 0 Å². The van der Waals surface area contributed by atoms with Crippen molar-refractivity contribution in [3.63, 3.8) is 0 Å². The van der Waals surface area contributed by atoms with Crippen LogP contribution in [0.5, 0.6) is 11.5 Å². The summed E-state index contributed by atoms with van der Waals surface area (Å²) in [7, 11) is 4.96. The third-order valence-corrected chi connectivity index (χ3v) is 5.96. The monoisotopic (exact) mass is 430 g/mol. The molecule has 0 bridgehead atoms. The van der Waals surface area contributed by atoms with Crippen LogP contribution in [-0.4, -0.2) is 38.0 Å². The molecule has 0 saturated carbocycles. The number of ether oxygens (including phenoxy) is 2. The number of carbonyl (C=O) groups is 2. The molecular formula is C26H26N2O4. The fourth-order valence-corrected chi connectivity index (χ4v) is 4.32. The molecule has 0 aliphatic carbocycles. The average Bonchev–Trinajstić information content (AvgIpc) is 2.84. The number of likely N-dealkylation sites (N-methyl/N-ethyl adjacent to an activating group) is 1. The molecule has 1 aliphatic rings. The van der Waals surface area contributed by atoms with E-state index in [0.29, 0.717) is 12.1 Å². The third-order valence-electron chi connectivity index (χ3n) is 5.96. The van der Waals surface area contributed by atoms with Gasteiger partial charge in [-0.3, -0.25) is 9.59 Å². The fraction of sp³-hybridized carbons (Fsp3) is 0.231. The SMILES string of the molecule is COc1ccc([C@H]2[C@@H](C(=O)NCc3ccccc3OC)c3ccccc3C(=O)N2C)cc1. The molecular weight excluding hydrogens is 404 g/mol. The van der Waals surface area contributed by atoms with E-state index in [1.54, 1.807) is 32.2 Å². The maximum atomic E-state index is 13.6. The lowest BCUT2D eigenvalue weighted by molar-refractivity contribution is -0.124. The van der Waals surface area contributed by atoms with Crippen molar-refractivity contribution in [2.45, 2.75) is 18.5 Å². The Morgan fingerprint density at radius 2 is 1.62 bits per heavy atom. The van der Waals surface area contributed by atoms with Gasteiger partial charge in [0.05, 0.1) is 26.2 Å². The Hall–Kier alpha value is -3.80. The Labute approximate surface area is 187 Å². The molecule has 1 N–H and O–H groups in total. The first-order valence-corrected chi connectivity index (χ1v) is 10.4. The van der Waals surface area contributed by atoms with Crippen molar-refractivity contribution in [2.24, 2.45) is 0 Å². The predicted octanol–water partition coefficient (Wildman–Crippen LogP) is 3.93. The Kier molecular flexibility index (Phi) is 6.12. The largest absolute Gasteiger partial charge is 0.497 e. The zero-order valence-electron chi connectivity index (χ0n) is 18.4. The Balaban J connectivity index is 1.71. The second-order valence-corrected chi connectivity index (χ2v) is 7.73. The third kappa shape index (κ3) is 3.91. The van der Waals surface area contributed by atoms with E-state index in [0.717, 1.165) is 28.2 Å². The first-order chi connectivity index (χ1) is 15.5. The maximum Gasteiger partial charge on any atom is 0.254 e. The molecule has 4 rings (SSSR count). The number of nitrogens with one attached hydrogen (secondary N) is 1. The number of hydrogen-bond donors (Lipinski definition) is 1. The first kappa shape index (κ1) is 21.4. The molecule has 0 fully saturated rings. The molecule has 2 atom stereocenters. The first-order valence-electron chi connectivity index (χ1n) is 10.4. The Morgan fingerprint density at radius 3 is 2.34 bits per heavy atom. The molecule has 1 heterocycles. The molecule has 0 unspecified atom stereocenters. The van der Waals surface area contributed by atoms with E-state index in [4.69, 9.17) is 9.47 Å². The molecule has 32 heavy (non-hydrogen) atoms. The molecule has 0 radical (unpaired) electrons. The summed E-state index contributed by atoms with van der Waals surface area (Å²) in [6.07, 6.45) is 0. The van der Waals surface area contributed by atoms with E-state index in [1.165, 1.54) is 0 Å². The quantitative estimate of drug-likeness (QED) is 0.644. The van der Waals surface area contributed by atoms with Gasteiger partial charge >= 0.3 is 0 Å². The highest BCUT2D eigenvalue weighted by Crippen LogP contribution is 2.42. The van der Waals surface area contributed by atoms with Gasteiger partial charge in [0.1, 0.15) is 11.5 Å². The van der Waals surface area contributed by atoms with Gasteiger partial charge in [0.15, 0.2) is 0 Å². The van der Waals surface area contributed by atoms with Crippen molar-refractivity contribution in [2.75, 3.05) is 21.3 Å². The van der Waals surface area contributed by atoms with Crippen LogP contribution in [0.1, 0.15) is 39.0 Å². The summed E-state index contributed by atoms with van der Waals surface area (Å²) in [5, 5.41) is 3.06. The smallest absolute Gasteiger partial charge is 0.254 e. The van der Waals surface area contributed by atoms with Crippen LogP contribution in [0.15, 0.2) is 72.8 Å². The lowest BCUT2D eigenvalue weighted by atomic mass is 9.79. The molecule has 0 aromatic heterocycles. The summed E-state index contributed by atoms with van der Waals surface area (Å²) < 4.78 is 10.7. The average molecular weight is 431 g/mol. The van der Waals surface area contributed by atoms with Crippen LogP contribution < -0.4 is 14.8 Å². The summed E-state index contributed by atoms with van der Waals surface area (Å²) in [5.74, 6) is 0.627. The van der Waals surface area contributed by atoms with E-state index in [1.807, 2.05) is 66.7 Å². The zero-order chi connectivity index (χ0) is 22.7. The van der Waals surface area contributed by atoms with Gasteiger partial charge in [-0.05, 0) is 35.4 Å². The minimum atomic E-state index is -0.558. The highest BCUT2D eigenvalue weighted by molar-refractivity contribution is 6.01. The molecule has 3 aromatic carbocycles. The molecule has 6 nitrogen and oxygen atoms in total. The van der Waals surface area contributed by atoms with Gasteiger partial charge in [-0.2, -0.15) is 0 Å². The van der Waals surface area contributed by atoms with Gasteiger partial charge in [-0.1, -0.05) is 48.5 Å². The molecule has 3 aromatic rings. The highest BCUT2D eigenvalue weighted by atomic mass is 16.5. The van der Waals surface area contributed by atoms with Crippen LogP contribution >= 0.6 is 0 Å². The Morgan fingerprint density at radius 1 is 0.938 bits per heavy atom. The van der Waals surface area contributed by atoms with Crippen LogP contribution in [0.25, 0.3) is 0 Å². The van der Waals surface area contributed by atoms with Crippen molar-refractivity contribution in [3.05, 3.63) is 95.1 Å². The second kappa shape index (κ2) is 9.14. The number of amides is 2. The summed E-state index contributed by atoms with van der Waals surface area (Å²) in [6, 6.07) is 22.0. The van der Waals surface area contributed by atoms with Crippen molar-refractivity contribution < 1.29 is 19.1 Å². The molecule has 1 aliphatic heterocycles. The topological polar surface area (TPSA) is 67.9 Å².